The number of H-pyrrole nitrogens is 1. The number of nitrogens with zero attached hydrogens (tertiary/aromatic N) is 1. The number of nitrogens with one attached hydrogen (secondary N) is 1. The molecule has 0 saturated carbocycles. The number of anilines is 3. The molecule has 0 saturated heterocycles. The van der Waals surface area contributed by atoms with E-state index in [0.717, 1.165) is 16.7 Å². The van der Waals surface area contributed by atoms with E-state index in [-0.39, 0.29) is 0 Å². The molecular formula is C52H30BN2S2. The topological polar surface area (TPSA) is 19.0 Å². The average Bonchev–Trinajstić information content (AvgIpc) is 3.94. The van der Waals surface area contributed by atoms with Gasteiger partial charge in [-0.15, -0.1) is 22.7 Å². The summed E-state index contributed by atoms with van der Waals surface area (Å²) in [5.41, 5.74) is 13.1. The summed E-state index contributed by atoms with van der Waals surface area (Å²) < 4.78 is 5.24. The average molecular weight is 758 g/mol. The van der Waals surface area contributed by atoms with Crippen LogP contribution in [0.3, 0.4) is 0 Å². The first-order valence-electron chi connectivity index (χ1n) is 19.4. The summed E-state index contributed by atoms with van der Waals surface area (Å²) in [6.45, 7) is 0. The minimum absolute atomic E-state index is 1.16. The first kappa shape index (κ1) is 31.5. The normalized spacial score (nSPS) is 12.7. The van der Waals surface area contributed by atoms with Gasteiger partial charge in [-0.05, 0) is 99.7 Å². The van der Waals surface area contributed by atoms with Crippen molar-refractivity contribution in [2.24, 2.45) is 0 Å². The van der Waals surface area contributed by atoms with E-state index in [1.54, 1.807) is 0 Å². The van der Waals surface area contributed by atoms with E-state index in [1.807, 2.05) is 22.7 Å². The number of benzene rings is 9. The highest BCUT2D eigenvalue weighted by Crippen LogP contribution is 2.46. The fourth-order valence-electron chi connectivity index (χ4n) is 9.33. The van der Waals surface area contributed by atoms with E-state index in [9.17, 15) is 0 Å². The molecule has 263 valence electrons. The highest BCUT2D eigenvalue weighted by Gasteiger charge is 2.30. The Bertz CT molecular complexity index is 3630. The molecule has 4 heterocycles. The van der Waals surface area contributed by atoms with Crippen LogP contribution in [0.5, 0.6) is 0 Å². The summed E-state index contributed by atoms with van der Waals surface area (Å²) in [5, 5.41) is 10.2. The maximum absolute atomic E-state index is 3.91. The van der Waals surface area contributed by atoms with Crippen LogP contribution in [-0.2, 0) is 0 Å². The lowest BCUT2D eigenvalue weighted by atomic mass is 9.58. The lowest BCUT2D eigenvalue weighted by Crippen LogP contribution is -2.41. The van der Waals surface area contributed by atoms with Crippen molar-refractivity contribution in [3.05, 3.63) is 176 Å². The number of fused-ring (bicyclic) bond motifs is 12. The van der Waals surface area contributed by atoms with Gasteiger partial charge in [-0.1, -0.05) is 115 Å². The highest BCUT2D eigenvalue weighted by molar-refractivity contribution is 7.26. The molecule has 0 atom stereocenters. The van der Waals surface area contributed by atoms with Crippen molar-refractivity contribution in [1.29, 1.82) is 0 Å². The van der Waals surface area contributed by atoms with Crippen molar-refractivity contribution < 1.29 is 0 Å². The predicted octanol–water partition coefficient (Wildman–Crippen LogP) is 14.0. The minimum atomic E-state index is 1.16. The minimum Gasteiger partial charge on any atom is -0.354 e. The lowest BCUT2D eigenvalue weighted by molar-refractivity contribution is 1.31. The molecule has 9 aromatic carbocycles. The second-order valence-corrected chi connectivity index (χ2v) is 17.4. The van der Waals surface area contributed by atoms with Crippen molar-refractivity contribution >= 4 is 131 Å². The van der Waals surface area contributed by atoms with Crippen molar-refractivity contribution in [3.63, 3.8) is 0 Å². The summed E-state index contributed by atoms with van der Waals surface area (Å²) in [7, 11) is 2.45. The number of thiophene rings is 2. The molecule has 1 radical (unpaired) electrons. The Balaban J connectivity index is 1.13. The SMILES string of the molecule is [B]1c2cc3sc4ccccc4c3cc2N(c2ccc3sc4ccccc4c3c2)c2cc(-c3ccccc3)cc(-c3cccc4c3[nH]c3cc5ccccc5cc34)c21. The zero-order valence-electron chi connectivity index (χ0n) is 30.6. The number of hydrogen-bond acceptors (Lipinski definition) is 3. The van der Waals surface area contributed by atoms with Crippen LogP contribution < -0.4 is 15.8 Å². The Morgan fingerprint density at radius 2 is 1.11 bits per heavy atom. The van der Waals surface area contributed by atoms with Crippen molar-refractivity contribution in [3.8, 4) is 22.3 Å². The third kappa shape index (κ3) is 4.70. The Morgan fingerprint density at radius 3 is 1.93 bits per heavy atom. The second-order valence-electron chi connectivity index (χ2n) is 15.2. The summed E-state index contributed by atoms with van der Waals surface area (Å²) >= 11 is 3.75. The van der Waals surface area contributed by atoms with Gasteiger partial charge in [-0.3, -0.25) is 0 Å². The van der Waals surface area contributed by atoms with Gasteiger partial charge in [-0.25, -0.2) is 0 Å². The number of rotatable bonds is 3. The van der Waals surface area contributed by atoms with Gasteiger partial charge in [0.2, 0.25) is 0 Å². The molecule has 5 heteroatoms. The fourth-order valence-corrected chi connectivity index (χ4v) is 11.6. The van der Waals surface area contributed by atoms with Crippen molar-refractivity contribution in [2.75, 3.05) is 4.90 Å². The number of para-hydroxylation sites is 1. The molecular weight excluding hydrogens is 728 g/mol. The molecule has 0 fully saturated rings. The van der Waals surface area contributed by atoms with E-state index in [4.69, 9.17) is 0 Å². The Hall–Kier alpha value is -6.66. The molecule has 1 aliphatic heterocycles. The summed E-state index contributed by atoms with van der Waals surface area (Å²) in [4.78, 5) is 6.45. The van der Waals surface area contributed by atoms with Crippen LogP contribution in [0.1, 0.15) is 0 Å². The Kier molecular flexibility index (Phi) is 6.60. The quantitative estimate of drug-likeness (QED) is 0.178. The smallest absolute Gasteiger partial charge is 0.197 e. The van der Waals surface area contributed by atoms with Gasteiger partial charge in [0.05, 0.1) is 5.52 Å². The van der Waals surface area contributed by atoms with Gasteiger partial charge in [-0.2, -0.15) is 0 Å². The van der Waals surface area contributed by atoms with Gasteiger partial charge >= 0.3 is 0 Å². The fraction of sp³-hybridized carbons (Fsp3) is 0. The summed E-state index contributed by atoms with van der Waals surface area (Å²) in [6, 6.07) is 65.3. The van der Waals surface area contributed by atoms with Crippen LogP contribution in [0, 0.1) is 0 Å². The maximum atomic E-state index is 3.91. The molecule has 1 aliphatic rings. The number of aromatic nitrogens is 1. The third-order valence-electron chi connectivity index (χ3n) is 12.0. The van der Waals surface area contributed by atoms with E-state index in [0.29, 0.717) is 0 Å². The molecule has 12 aromatic rings. The van der Waals surface area contributed by atoms with Crippen LogP contribution in [0.15, 0.2) is 176 Å². The molecule has 0 amide bonds. The summed E-state index contributed by atoms with van der Waals surface area (Å²) in [5.74, 6) is 0. The molecule has 2 nitrogen and oxygen atoms in total. The standard InChI is InChI=1S/C52H30BN2S2/c1-2-11-30(12-3-1)33-24-42(38-18-10-17-37-39-23-31-13-4-5-14-32(31)25-44(39)54-52(37)38)51-46(26-33)55(34-21-22-49-40(27-34)35-15-6-8-19-47(35)56-49)45-28-41-36-16-7-9-20-48(36)57-50(41)29-43(45)53-51/h1-29,54H. The second kappa shape index (κ2) is 11.9. The monoisotopic (exact) mass is 757 g/mol. The van der Waals surface area contributed by atoms with Crippen LogP contribution in [0.2, 0.25) is 0 Å². The molecule has 0 unspecified atom stereocenters. The van der Waals surface area contributed by atoms with Gasteiger partial charge < -0.3 is 9.88 Å². The molecule has 57 heavy (non-hydrogen) atoms. The van der Waals surface area contributed by atoms with Crippen LogP contribution >= 0.6 is 22.7 Å². The predicted molar refractivity (Wildman–Crippen MR) is 250 cm³/mol. The highest BCUT2D eigenvalue weighted by atomic mass is 32.1. The van der Waals surface area contributed by atoms with Crippen LogP contribution in [0.4, 0.5) is 17.1 Å². The maximum Gasteiger partial charge on any atom is 0.197 e. The lowest BCUT2D eigenvalue weighted by Gasteiger charge is -2.35. The van der Waals surface area contributed by atoms with Gasteiger partial charge in [0.15, 0.2) is 7.28 Å². The van der Waals surface area contributed by atoms with E-state index in [2.05, 4.69) is 193 Å². The van der Waals surface area contributed by atoms with Crippen molar-refractivity contribution in [2.45, 2.75) is 0 Å². The van der Waals surface area contributed by atoms with E-state index >= 15 is 0 Å². The largest absolute Gasteiger partial charge is 0.354 e. The van der Waals surface area contributed by atoms with Crippen molar-refractivity contribution in [1.82, 2.24) is 4.98 Å². The van der Waals surface area contributed by atoms with Crippen LogP contribution in [0.25, 0.3) is 95.2 Å². The van der Waals surface area contributed by atoms with Crippen LogP contribution in [-0.4, -0.2) is 12.3 Å². The molecule has 0 bridgehead atoms. The van der Waals surface area contributed by atoms with Gasteiger partial charge in [0.1, 0.15) is 0 Å². The Labute approximate surface area is 337 Å². The third-order valence-corrected chi connectivity index (χ3v) is 14.3. The zero-order valence-corrected chi connectivity index (χ0v) is 32.2. The molecule has 13 rings (SSSR count). The van der Waals surface area contributed by atoms with Gasteiger partial charge in [0.25, 0.3) is 0 Å². The Morgan fingerprint density at radius 1 is 0.421 bits per heavy atom. The zero-order chi connectivity index (χ0) is 37.2. The molecule has 3 aromatic heterocycles. The molecule has 0 spiro atoms. The number of hydrogen-bond donors (Lipinski definition) is 1. The molecule has 0 aliphatic carbocycles. The van der Waals surface area contributed by atoms with Gasteiger partial charge in [0, 0.05) is 79.3 Å². The van der Waals surface area contributed by atoms with E-state index in [1.165, 1.54) is 106 Å². The number of aromatic amines is 1. The molecule has 1 N–H and O–H groups in total. The first-order valence-corrected chi connectivity index (χ1v) is 21.0. The van der Waals surface area contributed by atoms with E-state index < -0.39 is 0 Å². The first-order chi connectivity index (χ1) is 28.2. The summed E-state index contributed by atoms with van der Waals surface area (Å²) in [6.07, 6.45) is 0.